The van der Waals surface area contributed by atoms with Crippen molar-refractivity contribution in [3.8, 4) is 0 Å². The highest BCUT2D eigenvalue weighted by molar-refractivity contribution is 6.33. The zero-order chi connectivity index (χ0) is 25.0. The minimum Gasteiger partial charge on any atom is -0.383 e. The summed E-state index contributed by atoms with van der Waals surface area (Å²) in [6.07, 6.45) is 5.61. The Labute approximate surface area is 211 Å². The van der Waals surface area contributed by atoms with Crippen LogP contribution >= 0.6 is 11.6 Å². The largest absolute Gasteiger partial charge is 0.383 e. The second kappa shape index (κ2) is 7.27. The van der Waals surface area contributed by atoms with Gasteiger partial charge in [-0.05, 0) is 56.7 Å². The summed E-state index contributed by atoms with van der Waals surface area (Å²) < 4.78 is 30.5. The van der Waals surface area contributed by atoms with E-state index in [0.29, 0.717) is 34.1 Å². The van der Waals surface area contributed by atoms with E-state index in [2.05, 4.69) is 19.5 Å². The number of nitrogen functional groups attached to an aromatic ring is 2. The van der Waals surface area contributed by atoms with Crippen LogP contribution in [0.5, 0.6) is 0 Å². The molecular formula is C26H26ClFN6O2. The van der Waals surface area contributed by atoms with Gasteiger partial charge in [0.05, 0.1) is 22.6 Å². The number of pyridine rings is 1. The average molecular weight is 509 g/mol. The summed E-state index contributed by atoms with van der Waals surface area (Å²) >= 11 is 6.07. The monoisotopic (exact) mass is 508 g/mol. The molecule has 4 heterocycles. The number of nitrogens with two attached hydrogens (primary N) is 2. The molecule has 1 aliphatic heterocycles. The molecule has 1 saturated heterocycles. The molecule has 0 amide bonds. The molecule has 0 unspecified atom stereocenters. The van der Waals surface area contributed by atoms with Gasteiger partial charge in [-0.2, -0.15) is 0 Å². The van der Waals surface area contributed by atoms with Crippen molar-refractivity contribution in [3.63, 3.8) is 0 Å². The van der Waals surface area contributed by atoms with Crippen LogP contribution in [-0.2, 0) is 15.9 Å². The molecule has 3 aliphatic rings. The molecule has 10 heteroatoms. The van der Waals surface area contributed by atoms with E-state index in [9.17, 15) is 0 Å². The van der Waals surface area contributed by atoms with Crippen molar-refractivity contribution >= 4 is 45.2 Å². The van der Waals surface area contributed by atoms with Gasteiger partial charge < -0.3 is 25.5 Å². The van der Waals surface area contributed by atoms with Gasteiger partial charge in [0.15, 0.2) is 11.6 Å². The van der Waals surface area contributed by atoms with E-state index in [1.165, 1.54) is 6.33 Å². The maximum absolute atomic E-state index is 15.4. The zero-order valence-electron chi connectivity index (χ0n) is 19.9. The van der Waals surface area contributed by atoms with Gasteiger partial charge in [-0.25, -0.2) is 19.3 Å². The molecular weight excluding hydrogens is 483 g/mol. The molecule has 0 bridgehead atoms. The molecule has 3 aromatic heterocycles. The van der Waals surface area contributed by atoms with Gasteiger partial charge in [0.1, 0.15) is 35.2 Å². The number of rotatable bonds is 4. The Morgan fingerprint density at radius 3 is 2.83 bits per heavy atom. The zero-order valence-corrected chi connectivity index (χ0v) is 20.7. The number of anilines is 2. The van der Waals surface area contributed by atoms with Gasteiger partial charge in [-0.15, -0.1) is 0 Å². The summed E-state index contributed by atoms with van der Waals surface area (Å²) in [7, 11) is 0. The van der Waals surface area contributed by atoms with Crippen LogP contribution < -0.4 is 11.5 Å². The fourth-order valence-corrected chi connectivity index (χ4v) is 6.82. The van der Waals surface area contributed by atoms with Crippen molar-refractivity contribution in [2.45, 2.75) is 57.1 Å². The van der Waals surface area contributed by atoms with Gasteiger partial charge in [-0.1, -0.05) is 23.7 Å². The quantitative estimate of drug-likeness (QED) is 0.412. The number of hydrogen-bond donors (Lipinski definition) is 2. The molecule has 8 nitrogen and oxygen atoms in total. The Balaban J connectivity index is 1.23. The van der Waals surface area contributed by atoms with Crippen molar-refractivity contribution in [1.29, 1.82) is 0 Å². The molecule has 5 atom stereocenters. The van der Waals surface area contributed by atoms with E-state index >= 15 is 4.39 Å². The Bertz CT molecular complexity index is 1560. The molecule has 7 rings (SSSR count). The lowest BCUT2D eigenvalue weighted by Crippen LogP contribution is -2.32. The second-order valence-electron chi connectivity index (χ2n) is 10.7. The van der Waals surface area contributed by atoms with Crippen LogP contribution in [0.2, 0.25) is 5.02 Å². The average Bonchev–Trinajstić information content (AvgIpc) is 3.09. The van der Waals surface area contributed by atoms with E-state index in [0.717, 1.165) is 23.9 Å². The van der Waals surface area contributed by atoms with Crippen LogP contribution in [0.25, 0.3) is 21.9 Å². The Morgan fingerprint density at radius 2 is 2.00 bits per heavy atom. The molecule has 2 aliphatic carbocycles. The van der Waals surface area contributed by atoms with Crippen LogP contribution in [0, 0.1) is 17.2 Å². The SMILES string of the molecule is CC1(C)O[C@H]2[C@H](n3ccc4c(N)ncnc43)[C@H]3C[C@@]3(CCc3ccc4cc(Cl)c(N)nc4c3F)[C@H]2O1. The molecule has 1 aromatic carbocycles. The van der Waals surface area contributed by atoms with E-state index in [4.69, 9.17) is 32.5 Å². The van der Waals surface area contributed by atoms with E-state index in [1.54, 1.807) is 6.07 Å². The first-order valence-electron chi connectivity index (χ1n) is 12.1. The normalized spacial score (nSPS) is 30.1. The highest BCUT2D eigenvalue weighted by Crippen LogP contribution is 2.73. The molecule has 3 fully saturated rings. The summed E-state index contributed by atoms with van der Waals surface area (Å²) in [6.45, 7) is 3.90. The standard InChI is InChI=1S/C26H26ClFN6O2/c1-25(2)35-20-19(34-8-6-14-22(29)31-11-32-24(14)34)15-10-26(15,21(20)36-25)7-5-12-3-4-13-9-16(27)23(30)33-18(13)17(12)28/h3-4,6,8-9,11,15,19-21H,5,7,10H2,1-2H3,(H2,30,33)(H2,29,31,32)/t15-,19-,20+,21+,26-/m1/s1. The Kier molecular flexibility index (Phi) is 4.49. The van der Waals surface area contributed by atoms with Crippen molar-refractivity contribution in [2.75, 3.05) is 11.5 Å². The van der Waals surface area contributed by atoms with E-state index in [-0.39, 0.29) is 40.8 Å². The summed E-state index contributed by atoms with van der Waals surface area (Å²) in [6, 6.07) is 7.32. The van der Waals surface area contributed by atoms with Gasteiger partial charge in [0.25, 0.3) is 0 Å². The number of halogens is 2. The topological polar surface area (TPSA) is 114 Å². The minimum absolute atomic E-state index is 0.0497. The number of fused-ring (bicyclic) bond motifs is 5. The molecule has 2 saturated carbocycles. The Hall–Kier alpha value is -3.01. The van der Waals surface area contributed by atoms with Crippen LogP contribution in [0.4, 0.5) is 16.0 Å². The van der Waals surface area contributed by atoms with Gasteiger partial charge in [0.2, 0.25) is 0 Å². The fourth-order valence-electron chi connectivity index (χ4n) is 6.66. The predicted molar refractivity (Wildman–Crippen MR) is 135 cm³/mol. The van der Waals surface area contributed by atoms with Crippen molar-refractivity contribution < 1.29 is 13.9 Å². The maximum Gasteiger partial charge on any atom is 0.163 e. The van der Waals surface area contributed by atoms with Crippen molar-refractivity contribution in [1.82, 2.24) is 19.5 Å². The fraction of sp³-hybridized carbons (Fsp3) is 0.423. The number of aryl methyl sites for hydroxylation is 1. The third-order valence-electron chi connectivity index (χ3n) is 8.33. The third kappa shape index (κ3) is 3.02. The Morgan fingerprint density at radius 1 is 1.17 bits per heavy atom. The van der Waals surface area contributed by atoms with Crippen LogP contribution in [0.1, 0.15) is 38.3 Å². The van der Waals surface area contributed by atoms with Crippen LogP contribution in [-0.4, -0.2) is 37.5 Å². The molecule has 4 N–H and O–H groups in total. The van der Waals surface area contributed by atoms with Crippen LogP contribution in [0.3, 0.4) is 0 Å². The molecule has 0 radical (unpaired) electrons. The smallest absolute Gasteiger partial charge is 0.163 e. The number of hydrogen-bond acceptors (Lipinski definition) is 7. The summed E-state index contributed by atoms with van der Waals surface area (Å²) in [5.74, 6) is -0.124. The highest BCUT2D eigenvalue weighted by Gasteiger charge is 2.75. The molecule has 0 spiro atoms. The summed E-state index contributed by atoms with van der Waals surface area (Å²) in [5, 5.41) is 1.78. The molecule has 186 valence electrons. The maximum atomic E-state index is 15.4. The number of ether oxygens (including phenoxy) is 2. The summed E-state index contributed by atoms with van der Waals surface area (Å²) in [5.41, 5.74) is 13.5. The summed E-state index contributed by atoms with van der Waals surface area (Å²) in [4.78, 5) is 12.8. The minimum atomic E-state index is -0.694. The first-order chi connectivity index (χ1) is 17.2. The lowest BCUT2D eigenvalue weighted by Gasteiger charge is -2.24. The lowest BCUT2D eigenvalue weighted by atomic mass is 9.91. The lowest BCUT2D eigenvalue weighted by molar-refractivity contribution is -0.161. The first kappa shape index (κ1) is 22.2. The van der Waals surface area contributed by atoms with Gasteiger partial charge >= 0.3 is 0 Å². The van der Waals surface area contributed by atoms with Gasteiger partial charge in [-0.3, -0.25) is 0 Å². The van der Waals surface area contributed by atoms with Crippen molar-refractivity contribution in [3.05, 3.63) is 53.2 Å². The van der Waals surface area contributed by atoms with E-state index < -0.39 is 5.79 Å². The molecule has 4 aromatic rings. The number of benzene rings is 1. The second-order valence-corrected chi connectivity index (χ2v) is 11.1. The van der Waals surface area contributed by atoms with Crippen molar-refractivity contribution in [2.24, 2.45) is 11.3 Å². The number of aromatic nitrogens is 4. The van der Waals surface area contributed by atoms with Crippen LogP contribution in [0.15, 0.2) is 36.8 Å². The molecule has 36 heavy (non-hydrogen) atoms. The predicted octanol–water partition coefficient (Wildman–Crippen LogP) is 4.65. The van der Waals surface area contributed by atoms with Gasteiger partial charge in [0, 0.05) is 17.0 Å². The third-order valence-corrected chi connectivity index (χ3v) is 8.63. The van der Waals surface area contributed by atoms with E-state index in [1.807, 2.05) is 38.2 Å². The highest BCUT2D eigenvalue weighted by atomic mass is 35.5. The number of nitrogens with zero attached hydrogens (tertiary/aromatic N) is 4. The first-order valence-corrected chi connectivity index (χ1v) is 12.5.